The Kier molecular flexibility index (Phi) is 12.5. The first-order valence-electron chi connectivity index (χ1n) is 15.4. The minimum atomic E-state index is -0.627. The summed E-state index contributed by atoms with van der Waals surface area (Å²) >= 11 is 0. The standard InChI is InChI=1S/C36H41N5O6/c1-6-25-22-26(33(42)37-17-10-7-11-19-45-21-20-44-5)24-27(23-25)39-34-38-18-16-32(41-34)46-31-15-14-30(28-12-8-9-13-29(28)31)40-35(43)47-36(2,3)4/h1,8-9,12-16,18,22-24H,7,10-11,17,19-21H2,2-5H3,(H,37,42)(H,40,43)(H,38,39,41). The molecule has 11 heteroatoms. The van der Waals surface area contributed by atoms with Crippen molar-refractivity contribution in [3.05, 3.63) is 78.0 Å². The zero-order valence-electron chi connectivity index (χ0n) is 27.2. The van der Waals surface area contributed by atoms with Crippen LogP contribution in [0.2, 0.25) is 0 Å². The van der Waals surface area contributed by atoms with E-state index in [-0.39, 0.29) is 17.7 Å². The Labute approximate surface area is 275 Å². The minimum absolute atomic E-state index is 0.226. The highest BCUT2D eigenvalue weighted by molar-refractivity contribution is 6.03. The Morgan fingerprint density at radius 3 is 2.51 bits per heavy atom. The van der Waals surface area contributed by atoms with Crippen LogP contribution in [-0.2, 0) is 14.2 Å². The van der Waals surface area contributed by atoms with Gasteiger partial charge < -0.3 is 29.6 Å². The Bertz CT molecular complexity index is 1710. The van der Waals surface area contributed by atoms with Crippen LogP contribution in [0, 0.1) is 12.3 Å². The van der Waals surface area contributed by atoms with Gasteiger partial charge in [-0.15, -0.1) is 6.42 Å². The predicted molar refractivity (Wildman–Crippen MR) is 182 cm³/mol. The number of nitrogens with one attached hydrogen (secondary N) is 3. The van der Waals surface area contributed by atoms with Gasteiger partial charge in [-0.2, -0.15) is 4.98 Å². The zero-order valence-corrected chi connectivity index (χ0v) is 27.2. The van der Waals surface area contributed by atoms with Gasteiger partial charge >= 0.3 is 6.09 Å². The fraction of sp³-hybridized carbons (Fsp3) is 0.333. The highest BCUT2D eigenvalue weighted by Gasteiger charge is 2.18. The van der Waals surface area contributed by atoms with Crippen LogP contribution in [0.5, 0.6) is 11.6 Å². The van der Waals surface area contributed by atoms with E-state index in [2.05, 4.69) is 31.8 Å². The summed E-state index contributed by atoms with van der Waals surface area (Å²) < 4.78 is 22.0. The molecule has 0 saturated heterocycles. The molecule has 246 valence electrons. The molecule has 3 aromatic carbocycles. The average Bonchev–Trinajstić information content (AvgIpc) is 3.04. The molecule has 1 heterocycles. The number of terminal acetylenes is 1. The monoisotopic (exact) mass is 639 g/mol. The number of unbranched alkanes of at least 4 members (excludes halogenated alkanes) is 2. The number of aromatic nitrogens is 2. The molecule has 11 nitrogen and oxygen atoms in total. The number of benzene rings is 3. The second-order valence-electron chi connectivity index (χ2n) is 11.6. The zero-order chi connectivity index (χ0) is 33.6. The summed E-state index contributed by atoms with van der Waals surface area (Å²) in [6.07, 6.45) is 9.38. The number of rotatable bonds is 15. The Morgan fingerprint density at radius 2 is 1.74 bits per heavy atom. The number of hydrogen-bond donors (Lipinski definition) is 3. The Hall–Kier alpha value is -5.18. The number of nitrogens with zero attached hydrogens (tertiary/aromatic N) is 2. The number of amides is 2. The second-order valence-corrected chi connectivity index (χ2v) is 11.6. The van der Waals surface area contributed by atoms with Gasteiger partial charge in [-0.1, -0.05) is 30.2 Å². The molecule has 4 aromatic rings. The van der Waals surface area contributed by atoms with Crippen LogP contribution >= 0.6 is 0 Å². The molecule has 0 bridgehead atoms. The summed E-state index contributed by atoms with van der Waals surface area (Å²) in [5, 5.41) is 10.4. The Balaban J connectivity index is 1.41. The van der Waals surface area contributed by atoms with Crippen LogP contribution < -0.4 is 20.7 Å². The molecule has 0 aliphatic rings. The number of fused-ring (bicyclic) bond motifs is 1. The normalized spacial score (nSPS) is 11.0. The van der Waals surface area contributed by atoms with Gasteiger partial charge in [0.25, 0.3) is 5.91 Å². The molecule has 0 spiro atoms. The molecular formula is C36H41N5O6. The molecule has 0 unspecified atom stereocenters. The third-order valence-electron chi connectivity index (χ3n) is 6.67. The lowest BCUT2D eigenvalue weighted by Crippen LogP contribution is -2.27. The van der Waals surface area contributed by atoms with Crippen LogP contribution in [0.1, 0.15) is 56.0 Å². The fourth-order valence-corrected chi connectivity index (χ4v) is 4.55. The smallest absolute Gasteiger partial charge is 0.412 e. The molecule has 0 aliphatic carbocycles. The van der Waals surface area contributed by atoms with Gasteiger partial charge in [0.05, 0.1) is 18.9 Å². The van der Waals surface area contributed by atoms with E-state index in [9.17, 15) is 9.59 Å². The number of methoxy groups -OCH3 is 1. The highest BCUT2D eigenvalue weighted by Crippen LogP contribution is 2.34. The molecule has 0 aliphatic heterocycles. The first-order chi connectivity index (χ1) is 22.6. The van der Waals surface area contributed by atoms with Gasteiger partial charge in [0.15, 0.2) is 0 Å². The SMILES string of the molecule is C#Cc1cc(Nc2nccc(Oc3ccc(NC(=O)OC(C)(C)C)c4ccccc34)n2)cc(C(=O)NCCCCCOCCOC)c1. The summed E-state index contributed by atoms with van der Waals surface area (Å²) in [6, 6.07) is 17.8. The van der Waals surface area contributed by atoms with Crippen LogP contribution in [0.15, 0.2) is 66.9 Å². The lowest BCUT2D eigenvalue weighted by Gasteiger charge is -2.20. The molecule has 0 radical (unpaired) electrons. The Morgan fingerprint density at radius 1 is 0.936 bits per heavy atom. The van der Waals surface area contributed by atoms with E-state index in [1.54, 1.807) is 49.7 Å². The van der Waals surface area contributed by atoms with Gasteiger partial charge in [-0.25, -0.2) is 9.78 Å². The maximum absolute atomic E-state index is 12.9. The van der Waals surface area contributed by atoms with E-state index in [0.29, 0.717) is 54.6 Å². The molecule has 0 atom stereocenters. The maximum Gasteiger partial charge on any atom is 0.412 e. The third kappa shape index (κ3) is 11.0. The minimum Gasteiger partial charge on any atom is -0.444 e. The first kappa shape index (κ1) is 34.7. The molecule has 47 heavy (non-hydrogen) atoms. The lowest BCUT2D eigenvalue weighted by molar-refractivity contribution is 0.0635. The summed E-state index contributed by atoms with van der Waals surface area (Å²) in [5.41, 5.74) is 1.47. The maximum atomic E-state index is 12.9. The van der Waals surface area contributed by atoms with Crippen molar-refractivity contribution in [2.24, 2.45) is 0 Å². The lowest BCUT2D eigenvalue weighted by atomic mass is 10.1. The van der Waals surface area contributed by atoms with Crippen LogP contribution in [0.25, 0.3) is 10.8 Å². The molecule has 1 aromatic heterocycles. The van der Waals surface area contributed by atoms with Crippen molar-refractivity contribution in [2.75, 3.05) is 44.1 Å². The highest BCUT2D eigenvalue weighted by atomic mass is 16.6. The van der Waals surface area contributed by atoms with Gasteiger partial charge in [0.1, 0.15) is 11.4 Å². The molecular weight excluding hydrogens is 598 g/mol. The average molecular weight is 640 g/mol. The van der Waals surface area contributed by atoms with Crippen molar-refractivity contribution in [1.82, 2.24) is 15.3 Å². The van der Waals surface area contributed by atoms with Crippen LogP contribution in [0.3, 0.4) is 0 Å². The number of carbonyl (C=O) groups excluding carboxylic acids is 2. The van der Waals surface area contributed by atoms with Crippen molar-refractivity contribution in [1.29, 1.82) is 0 Å². The van der Waals surface area contributed by atoms with Crippen molar-refractivity contribution < 1.29 is 28.5 Å². The van der Waals surface area contributed by atoms with Crippen molar-refractivity contribution in [2.45, 2.75) is 45.6 Å². The summed E-state index contributed by atoms with van der Waals surface area (Å²) in [4.78, 5) is 34.1. The first-order valence-corrected chi connectivity index (χ1v) is 15.4. The molecule has 0 saturated carbocycles. The molecule has 3 N–H and O–H groups in total. The van der Waals surface area contributed by atoms with Crippen molar-refractivity contribution in [3.8, 4) is 24.0 Å². The number of carbonyl (C=O) groups is 2. The van der Waals surface area contributed by atoms with Gasteiger partial charge in [0.2, 0.25) is 11.8 Å². The van der Waals surface area contributed by atoms with E-state index in [0.717, 1.165) is 30.0 Å². The largest absolute Gasteiger partial charge is 0.444 e. The van der Waals surface area contributed by atoms with Gasteiger partial charge in [0, 0.05) is 60.1 Å². The van der Waals surface area contributed by atoms with Crippen LogP contribution in [-0.4, -0.2) is 61.0 Å². The quantitative estimate of drug-likeness (QED) is 0.0924. The number of ether oxygens (including phenoxy) is 4. The topological polar surface area (TPSA) is 133 Å². The summed E-state index contributed by atoms with van der Waals surface area (Å²) in [5.74, 6) is 3.45. The van der Waals surface area contributed by atoms with E-state index in [4.69, 9.17) is 25.4 Å². The third-order valence-corrected chi connectivity index (χ3v) is 6.67. The van der Waals surface area contributed by atoms with Gasteiger partial charge in [-0.3, -0.25) is 10.1 Å². The van der Waals surface area contributed by atoms with E-state index in [1.807, 2.05) is 45.0 Å². The predicted octanol–water partition coefficient (Wildman–Crippen LogP) is 7.06. The molecule has 0 fully saturated rings. The van der Waals surface area contributed by atoms with Gasteiger partial charge in [-0.05, 0) is 70.4 Å². The molecule has 4 rings (SSSR count). The summed E-state index contributed by atoms with van der Waals surface area (Å²) in [6.45, 7) is 7.79. The molecule has 2 amide bonds. The fourth-order valence-electron chi connectivity index (χ4n) is 4.55. The van der Waals surface area contributed by atoms with Crippen molar-refractivity contribution >= 4 is 40.1 Å². The summed E-state index contributed by atoms with van der Waals surface area (Å²) in [7, 11) is 1.64. The van der Waals surface area contributed by atoms with E-state index < -0.39 is 11.7 Å². The number of hydrogen-bond acceptors (Lipinski definition) is 9. The van der Waals surface area contributed by atoms with Crippen molar-refractivity contribution in [3.63, 3.8) is 0 Å². The van der Waals surface area contributed by atoms with Crippen LogP contribution in [0.4, 0.5) is 22.1 Å². The van der Waals surface area contributed by atoms with E-state index in [1.165, 1.54) is 0 Å². The second kappa shape index (κ2) is 16.9. The van der Waals surface area contributed by atoms with E-state index >= 15 is 0 Å². The number of anilines is 3.